The van der Waals surface area contributed by atoms with Crippen molar-refractivity contribution in [1.82, 2.24) is 4.90 Å². The Kier molecular flexibility index (Phi) is 5.58. The van der Waals surface area contributed by atoms with Crippen molar-refractivity contribution in [3.8, 4) is 11.8 Å². The van der Waals surface area contributed by atoms with Gasteiger partial charge in [-0.1, -0.05) is 24.8 Å². The first kappa shape index (κ1) is 15.0. The minimum atomic E-state index is -0.255. The quantitative estimate of drug-likeness (QED) is 0.857. The Morgan fingerprint density at radius 1 is 1.35 bits per heavy atom. The molecule has 20 heavy (non-hydrogen) atoms. The average molecular weight is 275 g/mol. The molecule has 1 heterocycles. The van der Waals surface area contributed by atoms with E-state index in [2.05, 4.69) is 23.7 Å². The number of aliphatic hydroxyl groups is 1. The molecule has 1 saturated heterocycles. The van der Waals surface area contributed by atoms with Gasteiger partial charge in [0.25, 0.3) is 0 Å². The fraction of sp³-hybridized carbons (Fsp3) is 0.529. The number of hydrogen-bond acceptors (Lipinski definition) is 2. The van der Waals surface area contributed by atoms with Crippen LogP contribution in [0.5, 0.6) is 0 Å². The van der Waals surface area contributed by atoms with Gasteiger partial charge in [0.1, 0.15) is 5.82 Å². The first-order valence-corrected chi connectivity index (χ1v) is 7.29. The van der Waals surface area contributed by atoms with Gasteiger partial charge in [-0.25, -0.2) is 4.39 Å². The Morgan fingerprint density at radius 2 is 2.10 bits per heavy atom. The standard InChI is InChI=1S/C17H22FNO/c1-14-7-9-19(10-8-14)13-16-5-6-17(18)12-15(16)4-2-3-11-20/h5-6,12,14,20H,3,7-11,13H2,1H3. The van der Waals surface area contributed by atoms with Crippen LogP contribution in [0.1, 0.15) is 37.3 Å². The molecule has 1 fully saturated rings. The van der Waals surface area contributed by atoms with E-state index < -0.39 is 0 Å². The highest BCUT2D eigenvalue weighted by Gasteiger charge is 2.16. The molecule has 1 aliphatic rings. The lowest BCUT2D eigenvalue weighted by Gasteiger charge is -2.30. The van der Waals surface area contributed by atoms with Crippen LogP contribution in [0.15, 0.2) is 18.2 Å². The van der Waals surface area contributed by atoms with Gasteiger partial charge in [-0.2, -0.15) is 0 Å². The van der Waals surface area contributed by atoms with Gasteiger partial charge in [0, 0.05) is 18.5 Å². The number of likely N-dealkylation sites (tertiary alicyclic amines) is 1. The molecule has 0 aliphatic carbocycles. The molecule has 3 heteroatoms. The molecular weight excluding hydrogens is 253 g/mol. The van der Waals surface area contributed by atoms with E-state index in [1.54, 1.807) is 0 Å². The van der Waals surface area contributed by atoms with Crippen LogP contribution in [0.4, 0.5) is 4.39 Å². The summed E-state index contributed by atoms with van der Waals surface area (Å²) in [5, 5.41) is 8.77. The van der Waals surface area contributed by atoms with Crippen LogP contribution in [-0.2, 0) is 6.54 Å². The monoisotopic (exact) mass is 275 g/mol. The summed E-state index contributed by atoms with van der Waals surface area (Å²) in [6.45, 7) is 5.36. The van der Waals surface area contributed by atoms with Crippen LogP contribution < -0.4 is 0 Å². The highest BCUT2D eigenvalue weighted by atomic mass is 19.1. The number of nitrogens with zero attached hydrogens (tertiary/aromatic N) is 1. The predicted octanol–water partition coefficient (Wildman–Crippen LogP) is 2.79. The van der Waals surface area contributed by atoms with Gasteiger partial charge in [-0.05, 0) is 49.5 Å². The summed E-state index contributed by atoms with van der Waals surface area (Å²) in [7, 11) is 0. The summed E-state index contributed by atoms with van der Waals surface area (Å²) >= 11 is 0. The molecular formula is C17H22FNO. The second-order valence-electron chi connectivity index (χ2n) is 5.54. The van der Waals surface area contributed by atoms with Crippen LogP contribution in [0.25, 0.3) is 0 Å². The topological polar surface area (TPSA) is 23.5 Å². The largest absolute Gasteiger partial charge is 0.395 e. The summed E-state index contributed by atoms with van der Waals surface area (Å²) in [4.78, 5) is 2.41. The van der Waals surface area contributed by atoms with E-state index in [9.17, 15) is 4.39 Å². The molecule has 2 nitrogen and oxygen atoms in total. The highest BCUT2D eigenvalue weighted by molar-refractivity contribution is 5.41. The number of benzene rings is 1. The number of piperidine rings is 1. The Bertz CT molecular complexity index is 495. The van der Waals surface area contributed by atoms with E-state index in [1.165, 1.54) is 25.0 Å². The van der Waals surface area contributed by atoms with Gasteiger partial charge in [-0.15, -0.1) is 0 Å². The van der Waals surface area contributed by atoms with Crippen LogP contribution >= 0.6 is 0 Å². The third kappa shape index (κ3) is 4.33. The van der Waals surface area contributed by atoms with Crippen LogP contribution in [0, 0.1) is 23.6 Å². The minimum Gasteiger partial charge on any atom is -0.395 e. The van der Waals surface area contributed by atoms with Crippen molar-refractivity contribution in [3.05, 3.63) is 35.1 Å². The molecule has 0 amide bonds. The summed E-state index contributed by atoms with van der Waals surface area (Å²) in [5.41, 5.74) is 1.82. The summed E-state index contributed by atoms with van der Waals surface area (Å²) in [6, 6.07) is 4.82. The SMILES string of the molecule is CC1CCN(Cc2ccc(F)cc2C#CCCO)CC1. The number of hydrogen-bond donors (Lipinski definition) is 1. The first-order valence-electron chi connectivity index (χ1n) is 7.29. The minimum absolute atomic E-state index is 0.0433. The van der Waals surface area contributed by atoms with E-state index in [0.29, 0.717) is 6.42 Å². The number of halogens is 1. The zero-order valence-corrected chi connectivity index (χ0v) is 12.0. The second-order valence-corrected chi connectivity index (χ2v) is 5.54. The van der Waals surface area contributed by atoms with Crippen molar-refractivity contribution in [2.45, 2.75) is 32.7 Å². The molecule has 0 atom stereocenters. The molecule has 0 spiro atoms. The molecule has 0 unspecified atom stereocenters. The Balaban J connectivity index is 2.08. The zero-order chi connectivity index (χ0) is 14.4. The Labute approximate surface area is 120 Å². The molecule has 1 aliphatic heterocycles. The maximum absolute atomic E-state index is 13.4. The lowest BCUT2D eigenvalue weighted by Crippen LogP contribution is -2.32. The zero-order valence-electron chi connectivity index (χ0n) is 12.0. The van der Waals surface area contributed by atoms with Crippen molar-refractivity contribution >= 4 is 0 Å². The normalized spacial score (nSPS) is 16.8. The van der Waals surface area contributed by atoms with E-state index in [-0.39, 0.29) is 12.4 Å². The molecule has 0 saturated carbocycles. The third-order valence-corrected chi connectivity index (χ3v) is 3.80. The molecule has 1 aromatic carbocycles. The molecule has 0 aromatic heterocycles. The second kappa shape index (κ2) is 7.42. The van der Waals surface area contributed by atoms with Crippen molar-refractivity contribution in [2.75, 3.05) is 19.7 Å². The Morgan fingerprint density at radius 3 is 2.80 bits per heavy atom. The smallest absolute Gasteiger partial charge is 0.124 e. The summed E-state index contributed by atoms with van der Waals surface area (Å²) in [5.74, 6) is 6.41. The third-order valence-electron chi connectivity index (χ3n) is 3.80. The van der Waals surface area contributed by atoms with Crippen LogP contribution in [0.2, 0.25) is 0 Å². The average Bonchev–Trinajstić information content (AvgIpc) is 2.44. The maximum Gasteiger partial charge on any atom is 0.124 e. The summed E-state index contributed by atoms with van der Waals surface area (Å²) < 4.78 is 13.4. The molecule has 0 bridgehead atoms. The highest BCUT2D eigenvalue weighted by Crippen LogP contribution is 2.20. The van der Waals surface area contributed by atoms with Crippen molar-refractivity contribution in [1.29, 1.82) is 0 Å². The predicted molar refractivity (Wildman–Crippen MR) is 78.7 cm³/mol. The Hall–Kier alpha value is -1.37. The van der Waals surface area contributed by atoms with Crippen molar-refractivity contribution in [3.63, 3.8) is 0 Å². The van der Waals surface area contributed by atoms with Crippen LogP contribution in [0.3, 0.4) is 0 Å². The van der Waals surface area contributed by atoms with E-state index in [1.807, 2.05) is 6.07 Å². The lowest BCUT2D eigenvalue weighted by molar-refractivity contribution is 0.185. The van der Waals surface area contributed by atoms with E-state index >= 15 is 0 Å². The number of aliphatic hydroxyl groups excluding tert-OH is 1. The van der Waals surface area contributed by atoms with Crippen molar-refractivity contribution < 1.29 is 9.50 Å². The van der Waals surface area contributed by atoms with Crippen molar-refractivity contribution in [2.24, 2.45) is 5.92 Å². The van der Waals surface area contributed by atoms with E-state index in [0.717, 1.165) is 36.7 Å². The fourth-order valence-electron chi connectivity index (χ4n) is 2.48. The molecule has 2 rings (SSSR count). The van der Waals surface area contributed by atoms with Gasteiger partial charge in [0.05, 0.1) is 6.61 Å². The molecule has 1 aromatic rings. The fourth-order valence-corrected chi connectivity index (χ4v) is 2.48. The maximum atomic E-state index is 13.4. The van der Waals surface area contributed by atoms with Gasteiger partial charge in [-0.3, -0.25) is 4.90 Å². The number of rotatable bonds is 3. The van der Waals surface area contributed by atoms with E-state index in [4.69, 9.17) is 5.11 Å². The first-order chi connectivity index (χ1) is 9.69. The van der Waals surface area contributed by atoms with Crippen LogP contribution in [-0.4, -0.2) is 29.7 Å². The van der Waals surface area contributed by atoms with Gasteiger partial charge in [0.15, 0.2) is 0 Å². The molecule has 1 N–H and O–H groups in total. The lowest BCUT2D eigenvalue weighted by atomic mass is 9.98. The van der Waals surface area contributed by atoms with Gasteiger partial charge in [0.2, 0.25) is 0 Å². The van der Waals surface area contributed by atoms with Gasteiger partial charge < -0.3 is 5.11 Å². The molecule has 108 valence electrons. The van der Waals surface area contributed by atoms with Gasteiger partial charge >= 0.3 is 0 Å². The molecule has 0 radical (unpaired) electrons. The summed E-state index contributed by atoms with van der Waals surface area (Å²) in [6.07, 6.45) is 2.89.